The Morgan fingerprint density at radius 1 is 1.15 bits per heavy atom. The molecule has 0 amide bonds. The van der Waals surface area contributed by atoms with Crippen LogP contribution in [0.15, 0.2) is 47.1 Å². The number of hydrogen-bond acceptors (Lipinski definition) is 3. The molecule has 0 atom stereocenters. The van der Waals surface area contributed by atoms with Crippen molar-refractivity contribution in [2.24, 2.45) is 0 Å². The molecule has 0 fully saturated rings. The third kappa shape index (κ3) is 4.32. The summed E-state index contributed by atoms with van der Waals surface area (Å²) < 4.78 is 1.11. The molecule has 0 aliphatic carbocycles. The van der Waals surface area contributed by atoms with E-state index in [9.17, 15) is 0 Å². The second-order valence-corrected chi connectivity index (χ2v) is 5.70. The van der Waals surface area contributed by atoms with Crippen LogP contribution in [0, 0.1) is 0 Å². The smallest absolute Gasteiger partial charge is 0.128 e. The average molecular weight is 334 g/mol. The Hall–Kier alpha value is -1.39. The molecule has 2 rings (SSSR count). The standard InChI is InChI=1S/C16H20BrN3/c1-3-18-11-14-8-9-19-16(10-14)20(2)12-13-4-6-15(17)7-5-13/h4-10,18H,3,11-12H2,1-2H3. The number of aromatic nitrogens is 1. The van der Waals surface area contributed by atoms with Crippen molar-refractivity contribution in [3.05, 3.63) is 58.2 Å². The summed E-state index contributed by atoms with van der Waals surface area (Å²) in [6.45, 7) is 4.83. The molecule has 1 aromatic heterocycles. The zero-order valence-corrected chi connectivity index (χ0v) is 13.5. The molecule has 4 heteroatoms. The van der Waals surface area contributed by atoms with Crippen molar-refractivity contribution < 1.29 is 0 Å². The maximum absolute atomic E-state index is 4.45. The molecule has 3 nitrogen and oxygen atoms in total. The monoisotopic (exact) mass is 333 g/mol. The fourth-order valence-electron chi connectivity index (χ4n) is 1.99. The Morgan fingerprint density at radius 2 is 1.90 bits per heavy atom. The van der Waals surface area contributed by atoms with Crippen LogP contribution in [0.25, 0.3) is 0 Å². The molecule has 0 unspecified atom stereocenters. The molecule has 0 bridgehead atoms. The average Bonchev–Trinajstić information content (AvgIpc) is 2.48. The highest BCUT2D eigenvalue weighted by Gasteiger charge is 2.04. The third-order valence-electron chi connectivity index (χ3n) is 3.11. The van der Waals surface area contributed by atoms with Crippen LogP contribution in [0.3, 0.4) is 0 Å². The molecule has 0 aliphatic heterocycles. The first-order valence-corrected chi connectivity index (χ1v) is 7.59. The van der Waals surface area contributed by atoms with Crippen LogP contribution in [-0.2, 0) is 13.1 Å². The lowest BCUT2D eigenvalue weighted by Crippen LogP contribution is -2.18. The van der Waals surface area contributed by atoms with E-state index >= 15 is 0 Å². The van der Waals surface area contributed by atoms with Gasteiger partial charge in [-0.1, -0.05) is 35.0 Å². The highest BCUT2D eigenvalue weighted by molar-refractivity contribution is 9.10. The number of halogens is 1. The van der Waals surface area contributed by atoms with E-state index in [-0.39, 0.29) is 0 Å². The first-order valence-electron chi connectivity index (χ1n) is 6.80. The Bertz CT molecular complexity index is 540. The van der Waals surface area contributed by atoms with Gasteiger partial charge >= 0.3 is 0 Å². The van der Waals surface area contributed by atoms with E-state index in [1.165, 1.54) is 11.1 Å². The minimum atomic E-state index is 0.852. The van der Waals surface area contributed by atoms with Crippen molar-refractivity contribution in [1.82, 2.24) is 10.3 Å². The number of hydrogen-bond donors (Lipinski definition) is 1. The quantitative estimate of drug-likeness (QED) is 0.875. The number of benzene rings is 1. The van der Waals surface area contributed by atoms with Crippen LogP contribution < -0.4 is 10.2 Å². The summed E-state index contributed by atoms with van der Waals surface area (Å²) >= 11 is 3.46. The van der Waals surface area contributed by atoms with Gasteiger partial charge in [-0.2, -0.15) is 0 Å². The van der Waals surface area contributed by atoms with Gasteiger partial charge in [-0.25, -0.2) is 4.98 Å². The zero-order valence-electron chi connectivity index (χ0n) is 11.9. The Morgan fingerprint density at radius 3 is 2.60 bits per heavy atom. The van der Waals surface area contributed by atoms with Gasteiger partial charge < -0.3 is 10.2 Å². The second kappa shape index (κ2) is 7.41. The largest absolute Gasteiger partial charge is 0.355 e. The molecule has 1 aromatic carbocycles. The molecule has 106 valence electrons. The predicted molar refractivity (Wildman–Crippen MR) is 87.9 cm³/mol. The Labute approximate surface area is 129 Å². The summed E-state index contributed by atoms with van der Waals surface area (Å²) in [5.74, 6) is 1.00. The van der Waals surface area contributed by atoms with Crippen molar-refractivity contribution >= 4 is 21.7 Å². The minimum Gasteiger partial charge on any atom is -0.355 e. The van der Waals surface area contributed by atoms with Gasteiger partial charge in [0.2, 0.25) is 0 Å². The Balaban J connectivity index is 2.04. The van der Waals surface area contributed by atoms with Crippen molar-refractivity contribution in [2.75, 3.05) is 18.5 Å². The highest BCUT2D eigenvalue weighted by atomic mass is 79.9. The predicted octanol–water partition coefficient (Wildman–Crippen LogP) is 3.59. The van der Waals surface area contributed by atoms with Gasteiger partial charge in [0, 0.05) is 30.8 Å². The second-order valence-electron chi connectivity index (χ2n) is 4.79. The molecule has 2 aromatic rings. The first-order chi connectivity index (χ1) is 9.69. The van der Waals surface area contributed by atoms with Gasteiger partial charge in [0.1, 0.15) is 5.82 Å². The van der Waals surface area contributed by atoms with E-state index in [1.54, 1.807) is 0 Å². The normalized spacial score (nSPS) is 10.6. The summed E-state index contributed by atoms with van der Waals surface area (Å²) in [4.78, 5) is 6.62. The van der Waals surface area contributed by atoms with Gasteiger partial charge in [-0.15, -0.1) is 0 Å². The fraction of sp³-hybridized carbons (Fsp3) is 0.312. The lowest BCUT2D eigenvalue weighted by atomic mass is 10.2. The van der Waals surface area contributed by atoms with E-state index in [2.05, 4.69) is 81.5 Å². The third-order valence-corrected chi connectivity index (χ3v) is 3.64. The van der Waals surface area contributed by atoms with Crippen molar-refractivity contribution in [3.63, 3.8) is 0 Å². The summed E-state index contributed by atoms with van der Waals surface area (Å²) in [5, 5.41) is 3.34. The lowest BCUT2D eigenvalue weighted by Gasteiger charge is -2.19. The summed E-state index contributed by atoms with van der Waals surface area (Å²) in [6.07, 6.45) is 1.88. The minimum absolute atomic E-state index is 0.852. The van der Waals surface area contributed by atoms with Crippen LogP contribution in [0.1, 0.15) is 18.1 Å². The topological polar surface area (TPSA) is 28.2 Å². The highest BCUT2D eigenvalue weighted by Crippen LogP contribution is 2.16. The molecule has 0 radical (unpaired) electrons. The van der Waals surface area contributed by atoms with Crippen LogP contribution in [0.5, 0.6) is 0 Å². The van der Waals surface area contributed by atoms with Crippen molar-refractivity contribution in [1.29, 1.82) is 0 Å². The van der Waals surface area contributed by atoms with Crippen LogP contribution in [0.4, 0.5) is 5.82 Å². The number of rotatable bonds is 6. The fourth-order valence-corrected chi connectivity index (χ4v) is 2.26. The summed E-state index contributed by atoms with van der Waals surface area (Å²) in [5.41, 5.74) is 2.54. The van der Waals surface area contributed by atoms with Crippen LogP contribution in [0.2, 0.25) is 0 Å². The lowest BCUT2D eigenvalue weighted by molar-refractivity contribution is 0.725. The number of pyridine rings is 1. The van der Waals surface area contributed by atoms with Crippen LogP contribution >= 0.6 is 15.9 Å². The number of anilines is 1. The molecule has 1 N–H and O–H groups in total. The van der Waals surface area contributed by atoms with Gasteiger partial charge in [-0.3, -0.25) is 0 Å². The van der Waals surface area contributed by atoms with Gasteiger partial charge in [0.15, 0.2) is 0 Å². The van der Waals surface area contributed by atoms with Crippen molar-refractivity contribution in [3.8, 4) is 0 Å². The number of nitrogens with zero attached hydrogens (tertiary/aromatic N) is 2. The maximum Gasteiger partial charge on any atom is 0.128 e. The molecule has 20 heavy (non-hydrogen) atoms. The summed E-state index contributed by atoms with van der Waals surface area (Å²) in [6, 6.07) is 12.6. The molecule has 1 heterocycles. The Kier molecular flexibility index (Phi) is 5.56. The van der Waals surface area contributed by atoms with E-state index in [0.29, 0.717) is 0 Å². The molecule has 0 saturated heterocycles. The van der Waals surface area contributed by atoms with Gasteiger partial charge in [0.05, 0.1) is 0 Å². The van der Waals surface area contributed by atoms with E-state index in [4.69, 9.17) is 0 Å². The maximum atomic E-state index is 4.45. The molecular formula is C16H20BrN3. The SMILES string of the molecule is CCNCc1ccnc(N(C)Cc2ccc(Br)cc2)c1. The molecule has 0 aliphatic rings. The first kappa shape index (κ1) is 15.0. The molecular weight excluding hydrogens is 314 g/mol. The summed E-state index contributed by atoms with van der Waals surface area (Å²) in [7, 11) is 2.07. The van der Waals surface area contributed by atoms with Crippen molar-refractivity contribution in [2.45, 2.75) is 20.0 Å². The van der Waals surface area contributed by atoms with Crippen LogP contribution in [-0.4, -0.2) is 18.6 Å². The van der Waals surface area contributed by atoms with E-state index in [1.807, 2.05) is 6.20 Å². The zero-order chi connectivity index (χ0) is 14.4. The molecule has 0 spiro atoms. The molecule has 0 saturated carbocycles. The van der Waals surface area contributed by atoms with Gasteiger partial charge in [0.25, 0.3) is 0 Å². The number of nitrogens with one attached hydrogen (secondary N) is 1. The van der Waals surface area contributed by atoms with E-state index < -0.39 is 0 Å². The van der Waals surface area contributed by atoms with Gasteiger partial charge in [-0.05, 0) is 41.9 Å². The van der Waals surface area contributed by atoms with E-state index in [0.717, 1.165) is 29.9 Å².